The number of hydrogen-bond donors (Lipinski definition) is 0. The normalized spacial score (nSPS) is 11.0. The first kappa shape index (κ1) is 27.9. The SMILES string of the molecule is N#Cc1ccc(-c2ccc(-c3cc(-c4ccc(-c5cccnc5)cc4)c4nc(-c5ccc(-c6ccccc6)cc5)oc4c3)cc2)cc1. The summed E-state index contributed by atoms with van der Waals surface area (Å²) in [4.78, 5) is 9.33. The molecule has 8 aromatic rings. The van der Waals surface area contributed by atoms with E-state index in [1.54, 1.807) is 6.20 Å². The van der Waals surface area contributed by atoms with Crippen LogP contribution in [0.15, 0.2) is 168 Å². The smallest absolute Gasteiger partial charge is 0.227 e. The van der Waals surface area contributed by atoms with Gasteiger partial charge in [0.1, 0.15) is 5.52 Å². The quantitative estimate of drug-likeness (QED) is 0.190. The molecular weight excluding hydrogens is 574 g/mol. The zero-order valence-electron chi connectivity index (χ0n) is 25.3. The van der Waals surface area contributed by atoms with Crippen molar-refractivity contribution in [2.75, 3.05) is 0 Å². The number of fused-ring (bicyclic) bond motifs is 1. The van der Waals surface area contributed by atoms with Crippen molar-refractivity contribution in [3.8, 4) is 73.2 Å². The monoisotopic (exact) mass is 601 g/mol. The lowest BCUT2D eigenvalue weighted by Gasteiger charge is -2.09. The third kappa shape index (κ3) is 5.59. The van der Waals surface area contributed by atoms with Gasteiger partial charge in [-0.3, -0.25) is 4.98 Å². The van der Waals surface area contributed by atoms with Crippen molar-refractivity contribution in [1.29, 1.82) is 5.26 Å². The van der Waals surface area contributed by atoms with E-state index in [2.05, 4.69) is 114 Å². The molecule has 6 aromatic carbocycles. The van der Waals surface area contributed by atoms with Gasteiger partial charge < -0.3 is 4.42 Å². The molecule has 0 aliphatic heterocycles. The summed E-state index contributed by atoms with van der Waals surface area (Å²) in [6.07, 6.45) is 3.66. The minimum absolute atomic E-state index is 0.584. The molecule has 0 saturated carbocycles. The fraction of sp³-hybridized carbons (Fsp3) is 0. The van der Waals surface area contributed by atoms with Crippen molar-refractivity contribution in [2.24, 2.45) is 0 Å². The van der Waals surface area contributed by atoms with Crippen LogP contribution < -0.4 is 0 Å². The van der Waals surface area contributed by atoms with E-state index in [1.165, 1.54) is 5.56 Å². The van der Waals surface area contributed by atoms with E-state index >= 15 is 0 Å². The maximum absolute atomic E-state index is 9.16. The first-order valence-electron chi connectivity index (χ1n) is 15.4. The van der Waals surface area contributed by atoms with Gasteiger partial charge in [0, 0.05) is 23.5 Å². The average molecular weight is 602 g/mol. The Morgan fingerprint density at radius 1 is 0.468 bits per heavy atom. The molecule has 220 valence electrons. The number of aromatic nitrogens is 2. The van der Waals surface area contributed by atoms with Gasteiger partial charge in [-0.25, -0.2) is 4.98 Å². The summed E-state index contributed by atoms with van der Waals surface area (Å²) in [5.41, 5.74) is 13.9. The number of nitriles is 1. The molecule has 0 aliphatic carbocycles. The van der Waals surface area contributed by atoms with E-state index in [4.69, 9.17) is 14.7 Å². The van der Waals surface area contributed by atoms with Crippen LogP contribution in [0.25, 0.3) is 78.2 Å². The van der Waals surface area contributed by atoms with Crippen molar-refractivity contribution in [3.63, 3.8) is 0 Å². The Hall–Kier alpha value is -6.57. The summed E-state index contributed by atoms with van der Waals surface area (Å²) in [5, 5.41) is 9.16. The van der Waals surface area contributed by atoms with Gasteiger partial charge in [0.05, 0.1) is 11.6 Å². The second-order valence-electron chi connectivity index (χ2n) is 11.4. The number of hydrogen-bond acceptors (Lipinski definition) is 4. The number of rotatable bonds is 6. The Morgan fingerprint density at radius 3 is 1.57 bits per heavy atom. The molecule has 8 rings (SSSR count). The zero-order chi connectivity index (χ0) is 31.6. The van der Waals surface area contributed by atoms with Gasteiger partial charge >= 0.3 is 0 Å². The maximum Gasteiger partial charge on any atom is 0.227 e. The predicted molar refractivity (Wildman–Crippen MR) is 189 cm³/mol. The lowest BCUT2D eigenvalue weighted by atomic mass is 9.95. The summed E-state index contributed by atoms with van der Waals surface area (Å²) in [6, 6.07) is 53.8. The van der Waals surface area contributed by atoms with E-state index in [0.717, 1.165) is 66.7 Å². The molecule has 2 aromatic heterocycles. The first-order chi connectivity index (χ1) is 23.2. The van der Waals surface area contributed by atoms with Crippen molar-refractivity contribution >= 4 is 11.1 Å². The van der Waals surface area contributed by atoms with Crippen LogP contribution in [0.3, 0.4) is 0 Å². The largest absolute Gasteiger partial charge is 0.436 e. The highest BCUT2D eigenvalue weighted by Gasteiger charge is 2.16. The minimum Gasteiger partial charge on any atom is -0.436 e. The van der Waals surface area contributed by atoms with Crippen LogP contribution in [-0.2, 0) is 0 Å². The predicted octanol–water partition coefficient (Wildman–Crippen LogP) is 11.1. The molecule has 0 unspecified atom stereocenters. The fourth-order valence-corrected chi connectivity index (χ4v) is 5.94. The Bertz CT molecular complexity index is 2350. The molecule has 0 spiro atoms. The van der Waals surface area contributed by atoms with Gasteiger partial charge in [-0.05, 0) is 92.5 Å². The fourth-order valence-electron chi connectivity index (χ4n) is 5.94. The molecule has 0 bridgehead atoms. The van der Waals surface area contributed by atoms with Crippen molar-refractivity contribution in [1.82, 2.24) is 9.97 Å². The molecule has 0 saturated heterocycles. The molecule has 47 heavy (non-hydrogen) atoms. The van der Waals surface area contributed by atoms with Crippen molar-refractivity contribution < 1.29 is 4.42 Å². The summed E-state index contributed by atoms with van der Waals surface area (Å²) >= 11 is 0. The summed E-state index contributed by atoms with van der Waals surface area (Å²) in [6.45, 7) is 0. The van der Waals surface area contributed by atoms with E-state index in [0.29, 0.717) is 11.5 Å². The van der Waals surface area contributed by atoms with Crippen LogP contribution in [-0.4, -0.2) is 9.97 Å². The van der Waals surface area contributed by atoms with Crippen LogP contribution in [0.2, 0.25) is 0 Å². The third-order valence-corrected chi connectivity index (χ3v) is 8.49. The second kappa shape index (κ2) is 12.1. The highest BCUT2D eigenvalue weighted by Crippen LogP contribution is 2.38. The number of oxazole rings is 1. The maximum atomic E-state index is 9.16. The molecular formula is C43H27N3O. The zero-order valence-corrected chi connectivity index (χ0v) is 25.3. The molecule has 4 heteroatoms. The highest BCUT2D eigenvalue weighted by atomic mass is 16.3. The molecule has 4 nitrogen and oxygen atoms in total. The van der Waals surface area contributed by atoms with Crippen LogP contribution in [0.5, 0.6) is 0 Å². The van der Waals surface area contributed by atoms with Gasteiger partial charge in [-0.15, -0.1) is 0 Å². The molecule has 0 aliphatic rings. The Kier molecular flexibility index (Phi) is 7.18. The lowest BCUT2D eigenvalue weighted by Crippen LogP contribution is -1.86. The van der Waals surface area contributed by atoms with Gasteiger partial charge in [0.25, 0.3) is 0 Å². The van der Waals surface area contributed by atoms with E-state index in [-0.39, 0.29) is 0 Å². The van der Waals surface area contributed by atoms with Crippen LogP contribution in [0.4, 0.5) is 0 Å². The number of benzene rings is 6. The lowest BCUT2D eigenvalue weighted by molar-refractivity contribution is 0.620. The van der Waals surface area contributed by atoms with Crippen LogP contribution in [0.1, 0.15) is 5.56 Å². The average Bonchev–Trinajstić information content (AvgIpc) is 3.60. The topological polar surface area (TPSA) is 62.7 Å². The second-order valence-corrected chi connectivity index (χ2v) is 11.4. The van der Waals surface area contributed by atoms with Gasteiger partial charge in [-0.2, -0.15) is 5.26 Å². The number of pyridine rings is 1. The van der Waals surface area contributed by atoms with Gasteiger partial charge in [-0.1, -0.05) is 109 Å². The van der Waals surface area contributed by atoms with Crippen LogP contribution in [0, 0.1) is 11.3 Å². The van der Waals surface area contributed by atoms with Crippen LogP contribution >= 0.6 is 0 Å². The molecule has 0 amide bonds. The van der Waals surface area contributed by atoms with Gasteiger partial charge in [0.15, 0.2) is 5.58 Å². The summed E-state index contributed by atoms with van der Waals surface area (Å²) in [7, 11) is 0. The Morgan fingerprint density at radius 2 is 0.979 bits per heavy atom. The van der Waals surface area contributed by atoms with Crippen molar-refractivity contribution in [3.05, 3.63) is 170 Å². The third-order valence-electron chi connectivity index (χ3n) is 8.49. The van der Waals surface area contributed by atoms with E-state index in [1.807, 2.05) is 54.7 Å². The molecule has 0 atom stereocenters. The standard InChI is InChI=1S/C43H27N3O/c44-27-29-8-10-31(11-9-29)33-12-14-35(15-13-33)39-25-40(36-20-16-34(17-21-36)38-7-4-24-45-28-38)42-41(26-39)47-43(46-42)37-22-18-32(19-23-37)30-5-2-1-3-6-30/h1-26,28H. The molecule has 0 fully saturated rings. The molecule has 0 N–H and O–H groups in total. The Balaban J connectivity index is 1.20. The summed E-state index contributed by atoms with van der Waals surface area (Å²) in [5.74, 6) is 0.584. The van der Waals surface area contributed by atoms with E-state index in [9.17, 15) is 0 Å². The summed E-state index contributed by atoms with van der Waals surface area (Å²) < 4.78 is 6.49. The number of nitrogens with zero attached hydrogens (tertiary/aromatic N) is 3. The van der Waals surface area contributed by atoms with Crippen molar-refractivity contribution in [2.45, 2.75) is 0 Å². The van der Waals surface area contributed by atoms with Gasteiger partial charge in [0.2, 0.25) is 5.89 Å². The minimum atomic E-state index is 0.584. The van der Waals surface area contributed by atoms with E-state index < -0.39 is 0 Å². The Labute approximate surface area is 272 Å². The highest BCUT2D eigenvalue weighted by molar-refractivity contribution is 5.96. The first-order valence-corrected chi connectivity index (χ1v) is 15.4. The molecule has 2 heterocycles. The molecule has 0 radical (unpaired) electrons.